The Morgan fingerprint density at radius 3 is 1.48 bits per heavy atom. The molecule has 3 aromatic heterocycles. The average Bonchev–Trinajstić information content (AvgIpc) is 3.90. The van der Waals surface area contributed by atoms with Gasteiger partial charge in [-0.2, -0.15) is 0 Å². The summed E-state index contributed by atoms with van der Waals surface area (Å²) in [5, 5.41) is 5.00. The molecule has 0 aliphatic carbocycles. The molecule has 272 valence electrons. The zero-order chi connectivity index (χ0) is 38.4. The number of rotatable bonds is 5. The average molecular weight is 802 g/mol. The van der Waals surface area contributed by atoms with Gasteiger partial charge in [0.25, 0.3) is 0 Å². The molecule has 11 aromatic rings. The molecule has 1 aliphatic rings. The second-order valence-corrected chi connectivity index (χ2v) is 23.6. The van der Waals surface area contributed by atoms with Crippen LogP contribution in [-0.2, 0) is 0 Å². The Labute approximate surface area is 338 Å². The van der Waals surface area contributed by atoms with E-state index in [2.05, 4.69) is 209 Å². The first-order chi connectivity index (χ1) is 28.7. The van der Waals surface area contributed by atoms with E-state index in [0.717, 1.165) is 39.7 Å². The predicted molar refractivity (Wildman–Crippen MR) is 244 cm³/mol. The van der Waals surface area contributed by atoms with Gasteiger partial charge in [0, 0.05) is 0 Å². The minimum atomic E-state index is -3.42. The molecule has 0 saturated heterocycles. The Bertz CT molecular complexity index is 3350. The summed E-state index contributed by atoms with van der Waals surface area (Å²) in [5.74, 6) is 3.31. The van der Waals surface area contributed by atoms with Gasteiger partial charge in [-0.05, 0) is 0 Å². The molecule has 1 unspecified atom stereocenters. The number of hydrogen-bond donors (Lipinski definition) is 0. The second-order valence-electron chi connectivity index (χ2n) is 15.5. The van der Waals surface area contributed by atoms with Gasteiger partial charge in [0.1, 0.15) is 0 Å². The molecule has 1 atom stereocenters. The second kappa shape index (κ2) is 12.8. The summed E-state index contributed by atoms with van der Waals surface area (Å²) in [4.78, 5) is 10.9. The van der Waals surface area contributed by atoms with Crippen molar-refractivity contribution in [2.24, 2.45) is 0 Å². The van der Waals surface area contributed by atoms with E-state index in [1.807, 2.05) is 6.07 Å². The molecular weight excluding hydrogens is 765 g/mol. The van der Waals surface area contributed by atoms with Crippen molar-refractivity contribution in [3.8, 4) is 45.3 Å². The molecule has 4 heterocycles. The Balaban J connectivity index is 1.11. The van der Waals surface area contributed by atoms with Crippen LogP contribution < -0.4 is 13.2 Å². The summed E-state index contributed by atoms with van der Waals surface area (Å²) in [7, 11) is 0. The van der Waals surface area contributed by atoms with Crippen LogP contribution in [0.5, 0.6) is 0 Å². The summed E-state index contributed by atoms with van der Waals surface area (Å²) in [6.45, 7) is 0. The van der Waals surface area contributed by atoms with Gasteiger partial charge in [-0.3, -0.25) is 0 Å². The zero-order valence-electron chi connectivity index (χ0n) is 31.8. The number of aromatic nitrogens is 4. The van der Waals surface area contributed by atoms with Gasteiger partial charge in [0.15, 0.2) is 0 Å². The van der Waals surface area contributed by atoms with Gasteiger partial charge in [-0.25, -0.2) is 0 Å². The fourth-order valence-corrected chi connectivity index (χ4v) is 18.6. The third-order valence-corrected chi connectivity index (χ3v) is 21.7. The fourth-order valence-electron chi connectivity index (χ4n) is 9.73. The van der Waals surface area contributed by atoms with Crippen LogP contribution in [0.4, 0.5) is 0 Å². The summed E-state index contributed by atoms with van der Waals surface area (Å²) in [6, 6.07) is 72.8. The van der Waals surface area contributed by atoms with E-state index in [4.69, 9.17) is 9.97 Å². The van der Waals surface area contributed by atoms with Crippen LogP contribution >= 0.6 is 0 Å². The van der Waals surface area contributed by atoms with E-state index < -0.39 is 13.3 Å². The molecule has 4 nitrogen and oxygen atoms in total. The molecule has 0 spiro atoms. The van der Waals surface area contributed by atoms with Crippen LogP contribution in [0, 0.1) is 0 Å². The first kappa shape index (κ1) is 33.2. The number of para-hydroxylation sites is 3. The number of hydrogen-bond acceptors (Lipinski definition) is 2. The van der Waals surface area contributed by atoms with Gasteiger partial charge < -0.3 is 0 Å². The minimum absolute atomic E-state index is 0.759. The van der Waals surface area contributed by atoms with E-state index in [9.17, 15) is 0 Å². The molecule has 0 amide bonds. The van der Waals surface area contributed by atoms with Crippen LogP contribution in [0.3, 0.4) is 0 Å². The molecule has 58 heavy (non-hydrogen) atoms. The molecule has 0 bridgehead atoms. The van der Waals surface area contributed by atoms with Gasteiger partial charge >= 0.3 is 328 Å². The van der Waals surface area contributed by atoms with Crippen molar-refractivity contribution in [2.45, 2.75) is 5.76 Å². The summed E-state index contributed by atoms with van der Waals surface area (Å²) in [6.07, 6.45) is 0. The monoisotopic (exact) mass is 802 g/mol. The van der Waals surface area contributed by atoms with Crippen molar-refractivity contribution >= 4 is 70.1 Å². The molecule has 1 aliphatic heterocycles. The quantitative estimate of drug-likeness (QED) is 0.163. The number of fused-ring (bicyclic) bond motifs is 9. The summed E-state index contributed by atoms with van der Waals surface area (Å²) >= 11 is -3.42. The first-order valence-electron chi connectivity index (χ1n) is 19.9. The molecule has 12 rings (SSSR count). The van der Waals surface area contributed by atoms with Crippen molar-refractivity contribution < 1.29 is 0 Å². The van der Waals surface area contributed by atoms with Crippen LogP contribution in [0.15, 0.2) is 200 Å². The molecule has 0 saturated carbocycles. The van der Waals surface area contributed by atoms with E-state index >= 15 is 0 Å². The summed E-state index contributed by atoms with van der Waals surface area (Å²) in [5.41, 5.74) is 12.6. The predicted octanol–water partition coefficient (Wildman–Crippen LogP) is 11.1. The fraction of sp³-hybridized carbons (Fsp3) is 0.0189. The third-order valence-electron chi connectivity index (χ3n) is 12.4. The van der Waals surface area contributed by atoms with Crippen LogP contribution in [0.1, 0.15) is 0 Å². The molecule has 0 N–H and O–H groups in total. The summed E-state index contributed by atoms with van der Waals surface area (Å²) < 4.78 is 9.00. The van der Waals surface area contributed by atoms with E-state index in [1.54, 1.807) is 0 Å². The Kier molecular flexibility index (Phi) is 7.29. The normalized spacial score (nSPS) is 14.7. The van der Waals surface area contributed by atoms with Gasteiger partial charge in [-0.15, -0.1) is 0 Å². The zero-order valence-corrected chi connectivity index (χ0v) is 33.9. The number of benzene rings is 8. The SMILES string of the molecule is [CH3][Ge]1([c]2ccccc2)[c]2cc(-n3c4ccccc4c4cc(-n5c6ccccc6c6ccccc65)ccc43)ccc2-c2nc(-c3ccccc3)nc(-c3ccccc3)[c]21. The van der Waals surface area contributed by atoms with Crippen molar-refractivity contribution in [3.05, 3.63) is 200 Å². The Morgan fingerprint density at radius 1 is 0.397 bits per heavy atom. The third kappa shape index (κ3) is 4.76. The van der Waals surface area contributed by atoms with Crippen LogP contribution in [0.2, 0.25) is 5.76 Å². The maximum absolute atomic E-state index is 5.47. The standard InChI is InChI=1S/C53H36GeN4/c1-54(37-21-9-4-10-22-37)45-34-39(29-31-43(45)52-50(54)51(35-17-5-2-6-18-35)55-53(56-52)36-19-7-3-8-20-36)58-48-28-16-13-25-42(48)44-33-38(30-32-49(44)58)57-46-26-14-11-23-40(46)41-24-12-15-27-47(41)57/h2-34H,1H3. The Hall–Kier alpha value is -7.02. The van der Waals surface area contributed by atoms with Crippen LogP contribution in [-0.4, -0.2) is 32.4 Å². The molecular formula is C53H36GeN4. The van der Waals surface area contributed by atoms with Crippen LogP contribution in [0.25, 0.3) is 88.9 Å². The molecule has 8 aromatic carbocycles. The first-order valence-corrected chi connectivity index (χ1v) is 25.2. The topological polar surface area (TPSA) is 35.6 Å². The van der Waals surface area contributed by atoms with Crippen molar-refractivity contribution in [1.82, 2.24) is 19.1 Å². The Morgan fingerprint density at radius 2 is 0.862 bits per heavy atom. The van der Waals surface area contributed by atoms with E-state index in [-0.39, 0.29) is 0 Å². The van der Waals surface area contributed by atoms with Crippen molar-refractivity contribution in [2.75, 3.05) is 0 Å². The van der Waals surface area contributed by atoms with Gasteiger partial charge in [0.05, 0.1) is 0 Å². The van der Waals surface area contributed by atoms with Gasteiger partial charge in [-0.1, -0.05) is 12.1 Å². The van der Waals surface area contributed by atoms with Gasteiger partial charge in [0.2, 0.25) is 0 Å². The molecule has 5 heteroatoms. The number of nitrogens with zero attached hydrogens (tertiary/aromatic N) is 4. The van der Waals surface area contributed by atoms with Crippen molar-refractivity contribution in [1.29, 1.82) is 0 Å². The van der Waals surface area contributed by atoms with E-state index in [1.165, 1.54) is 62.4 Å². The maximum atomic E-state index is 5.47. The van der Waals surface area contributed by atoms with Crippen molar-refractivity contribution in [3.63, 3.8) is 0 Å². The molecule has 0 fully saturated rings. The van der Waals surface area contributed by atoms with E-state index in [0.29, 0.717) is 0 Å². The molecule has 0 radical (unpaired) electrons.